The van der Waals surface area contributed by atoms with Gasteiger partial charge in [0, 0.05) is 17.2 Å². The first-order valence-electron chi connectivity index (χ1n) is 7.44. The Hall–Kier alpha value is -2.94. The fraction of sp³-hybridized carbons (Fsp3) is 0.167. The monoisotopic (exact) mass is 386 g/mol. The Morgan fingerprint density at radius 3 is 2.22 bits per heavy atom. The fourth-order valence-electron chi connectivity index (χ4n) is 2.77. The van der Waals surface area contributed by atoms with Crippen LogP contribution in [0.5, 0.6) is 11.5 Å². The molecule has 2 aromatic carbocycles. The van der Waals surface area contributed by atoms with Gasteiger partial charge in [0.25, 0.3) is 0 Å². The zero-order valence-electron chi connectivity index (χ0n) is 13.6. The van der Waals surface area contributed by atoms with Gasteiger partial charge in [0.05, 0.1) is 12.7 Å². The van der Waals surface area contributed by atoms with Crippen LogP contribution in [-0.4, -0.2) is 24.7 Å². The summed E-state index contributed by atoms with van der Waals surface area (Å²) in [6.45, 7) is 0. The molecule has 27 heavy (non-hydrogen) atoms. The Kier molecular flexibility index (Phi) is 4.43. The van der Waals surface area contributed by atoms with Crippen molar-refractivity contribution >= 4 is 12.0 Å². The second kappa shape index (κ2) is 6.34. The van der Waals surface area contributed by atoms with E-state index in [1.165, 1.54) is 31.4 Å². The van der Waals surface area contributed by atoms with E-state index < -0.39 is 46.1 Å². The number of methoxy groups -OCH3 is 1. The molecule has 3 rings (SSSR count). The lowest BCUT2D eigenvalue weighted by Crippen LogP contribution is -2.47. The molecule has 0 bridgehead atoms. The number of benzene rings is 2. The molecule has 0 saturated heterocycles. The van der Waals surface area contributed by atoms with E-state index in [0.29, 0.717) is 11.8 Å². The first-order valence-corrected chi connectivity index (χ1v) is 7.44. The van der Waals surface area contributed by atoms with Gasteiger partial charge < -0.3 is 14.6 Å². The van der Waals surface area contributed by atoms with Gasteiger partial charge in [-0.3, -0.25) is 4.79 Å². The van der Waals surface area contributed by atoms with Crippen LogP contribution in [0.4, 0.5) is 22.0 Å². The summed E-state index contributed by atoms with van der Waals surface area (Å²) in [6.07, 6.45) is -5.64. The minimum atomic E-state index is -5.41. The smallest absolute Gasteiger partial charge is 0.426 e. The largest absolute Gasteiger partial charge is 0.497 e. The number of carbonyl (C=O) groups is 1. The van der Waals surface area contributed by atoms with Crippen molar-refractivity contribution in [3.05, 3.63) is 64.7 Å². The minimum absolute atomic E-state index is 0.00374. The molecule has 4 nitrogen and oxygen atoms in total. The van der Waals surface area contributed by atoms with Gasteiger partial charge in [0.2, 0.25) is 5.60 Å². The van der Waals surface area contributed by atoms with Crippen LogP contribution in [0.1, 0.15) is 11.1 Å². The molecule has 1 N–H and O–H groups in total. The molecular weight excluding hydrogens is 375 g/mol. The van der Waals surface area contributed by atoms with Crippen LogP contribution in [0.2, 0.25) is 0 Å². The lowest BCUT2D eigenvalue weighted by Gasteiger charge is -2.37. The average molecular weight is 386 g/mol. The zero-order chi connectivity index (χ0) is 20.0. The Morgan fingerprint density at radius 2 is 1.70 bits per heavy atom. The molecule has 9 heteroatoms. The Balaban J connectivity index is 2.32. The second-order valence-electron chi connectivity index (χ2n) is 5.66. The van der Waals surface area contributed by atoms with Gasteiger partial charge in [-0.1, -0.05) is 0 Å². The van der Waals surface area contributed by atoms with Crippen LogP contribution in [0.25, 0.3) is 5.76 Å². The van der Waals surface area contributed by atoms with Gasteiger partial charge in [-0.05, 0) is 30.3 Å². The zero-order valence-corrected chi connectivity index (χ0v) is 13.6. The van der Waals surface area contributed by atoms with Gasteiger partial charge in [-0.15, -0.1) is 0 Å². The molecule has 0 unspecified atom stereocenters. The topological polar surface area (TPSA) is 55.8 Å². The van der Waals surface area contributed by atoms with Crippen LogP contribution in [0.15, 0.2) is 42.0 Å². The third-order valence-corrected chi connectivity index (χ3v) is 4.14. The molecule has 142 valence electrons. The molecule has 1 aliphatic heterocycles. The Labute approximate surface area is 149 Å². The van der Waals surface area contributed by atoms with E-state index in [4.69, 9.17) is 9.47 Å². The van der Waals surface area contributed by atoms with Gasteiger partial charge in [-0.25, -0.2) is 8.78 Å². The number of rotatable bonds is 3. The van der Waals surface area contributed by atoms with Crippen LogP contribution in [0, 0.1) is 11.6 Å². The summed E-state index contributed by atoms with van der Waals surface area (Å²) < 4.78 is 78.5. The Morgan fingerprint density at radius 1 is 1.11 bits per heavy atom. The van der Waals surface area contributed by atoms with Gasteiger partial charge in [0.15, 0.2) is 17.9 Å². The summed E-state index contributed by atoms with van der Waals surface area (Å²) >= 11 is 0. The molecule has 1 atom stereocenters. The number of halogens is 5. The number of fused-ring (bicyclic) bond motifs is 1. The predicted octanol–water partition coefficient (Wildman–Crippen LogP) is 3.73. The molecule has 0 fully saturated rings. The normalized spacial score (nSPS) is 19.4. The maximum Gasteiger partial charge on any atom is 0.426 e. The second-order valence-corrected chi connectivity index (χ2v) is 5.66. The lowest BCUT2D eigenvalue weighted by atomic mass is 9.81. The number of alkyl halides is 3. The summed E-state index contributed by atoms with van der Waals surface area (Å²) in [5.74, 6) is -4.11. The van der Waals surface area contributed by atoms with Crippen molar-refractivity contribution in [2.75, 3.05) is 7.11 Å². The van der Waals surface area contributed by atoms with E-state index in [2.05, 4.69) is 0 Å². The number of carbonyl (C=O) groups excluding carboxylic acids is 1. The number of hydrogen-bond acceptors (Lipinski definition) is 4. The standard InChI is InChI=1S/C18H11F5O4/c1-26-10-4-2-9(3-5-10)16-12(8-24)17(25,18(21,22)23)11-6-13(19)14(20)7-15(11)27-16/h2-8,25H,1H3/t17-/m1/s1. The number of hydrogen-bond donors (Lipinski definition) is 1. The van der Waals surface area contributed by atoms with E-state index in [-0.39, 0.29) is 17.9 Å². The average Bonchev–Trinajstić information content (AvgIpc) is 2.62. The van der Waals surface area contributed by atoms with Crippen molar-refractivity contribution < 1.29 is 41.3 Å². The lowest BCUT2D eigenvalue weighted by molar-refractivity contribution is -0.250. The summed E-state index contributed by atoms with van der Waals surface area (Å²) in [5.41, 5.74) is -6.19. The first kappa shape index (κ1) is 18.8. The minimum Gasteiger partial charge on any atom is -0.497 e. The molecule has 2 aromatic rings. The third kappa shape index (κ3) is 2.84. The molecular formula is C18H11F5O4. The third-order valence-electron chi connectivity index (χ3n) is 4.14. The van der Waals surface area contributed by atoms with Crippen LogP contribution >= 0.6 is 0 Å². The molecule has 0 spiro atoms. The highest BCUT2D eigenvalue weighted by Crippen LogP contribution is 2.52. The number of aldehydes is 1. The molecule has 0 aromatic heterocycles. The molecule has 0 aliphatic carbocycles. The maximum atomic E-state index is 13.7. The molecule has 0 radical (unpaired) electrons. The van der Waals surface area contributed by atoms with Crippen molar-refractivity contribution in [2.45, 2.75) is 11.8 Å². The van der Waals surface area contributed by atoms with Gasteiger partial charge in [0.1, 0.15) is 17.3 Å². The predicted molar refractivity (Wildman–Crippen MR) is 82.9 cm³/mol. The van der Waals surface area contributed by atoms with Crippen molar-refractivity contribution in [3.8, 4) is 11.5 Å². The Bertz CT molecular complexity index is 934. The van der Waals surface area contributed by atoms with Crippen molar-refractivity contribution in [3.63, 3.8) is 0 Å². The van der Waals surface area contributed by atoms with E-state index in [0.717, 1.165) is 0 Å². The van der Waals surface area contributed by atoms with E-state index in [1.807, 2.05) is 0 Å². The van der Waals surface area contributed by atoms with Crippen LogP contribution in [0.3, 0.4) is 0 Å². The highest BCUT2D eigenvalue weighted by atomic mass is 19.4. The summed E-state index contributed by atoms with van der Waals surface area (Å²) in [6, 6.07) is 5.90. The van der Waals surface area contributed by atoms with Crippen LogP contribution in [-0.2, 0) is 10.4 Å². The summed E-state index contributed by atoms with van der Waals surface area (Å²) in [7, 11) is 1.37. The summed E-state index contributed by atoms with van der Waals surface area (Å²) in [4.78, 5) is 11.5. The SMILES string of the molecule is COc1ccc(C2=C(C=O)[C@@](O)(C(F)(F)F)c3cc(F)c(F)cc3O2)cc1. The highest BCUT2D eigenvalue weighted by Gasteiger charge is 2.62. The highest BCUT2D eigenvalue weighted by molar-refractivity contribution is 5.91. The van der Waals surface area contributed by atoms with Gasteiger partial charge >= 0.3 is 6.18 Å². The van der Waals surface area contributed by atoms with Gasteiger partial charge in [-0.2, -0.15) is 13.2 Å². The van der Waals surface area contributed by atoms with Crippen LogP contribution < -0.4 is 9.47 Å². The summed E-state index contributed by atoms with van der Waals surface area (Å²) in [5, 5.41) is 10.5. The van der Waals surface area contributed by atoms with E-state index >= 15 is 0 Å². The van der Waals surface area contributed by atoms with Crippen molar-refractivity contribution in [2.24, 2.45) is 0 Å². The number of aliphatic hydroxyl groups is 1. The van der Waals surface area contributed by atoms with Crippen molar-refractivity contribution in [1.82, 2.24) is 0 Å². The van der Waals surface area contributed by atoms with Crippen molar-refractivity contribution in [1.29, 1.82) is 0 Å². The maximum absolute atomic E-state index is 13.7. The molecule has 0 amide bonds. The number of ether oxygens (including phenoxy) is 2. The van der Waals surface area contributed by atoms with E-state index in [9.17, 15) is 31.9 Å². The molecule has 0 saturated carbocycles. The quantitative estimate of drug-likeness (QED) is 0.645. The molecule has 1 aliphatic rings. The first-order chi connectivity index (χ1) is 12.6. The van der Waals surface area contributed by atoms with E-state index in [1.54, 1.807) is 0 Å². The fourth-order valence-corrected chi connectivity index (χ4v) is 2.77. The molecule has 1 heterocycles.